The van der Waals surface area contributed by atoms with E-state index in [4.69, 9.17) is 10.7 Å². The summed E-state index contributed by atoms with van der Waals surface area (Å²) in [5.41, 5.74) is 10.1. The van der Waals surface area contributed by atoms with Crippen LogP contribution < -0.4 is 10.6 Å². The van der Waals surface area contributed by atoms with Crippen molar-refractivity contribution in [1.82, 2.24) is 19.9 Å². The molecule has 8 heteroatoms. The average molecular weight is 482 g/mol. The number of aryl methyl sites for hydroxylation is 1. The number of nitrogens with zero attached hydrogens (tertiary/aromatic N) is 6. The van der Waals surface area contributed by atoms with Crippen LogP contribution in [0.15, 0.2) is 53.4 Å². The number of fused-ring (bicyclic) bond motifs is 1. The second-order valence-electron chi connectivity index (χ2n) is 10.0. The maximum Gasteiger partial charge on any atom is 0.273 e. The van der Waals surface area contributed by atoms with Crippen molar-refractivity contribution >= 4 is 34.3 Å². The number of nitrogens with two attached hydrogens (primary N) is 1. The van der Waals surface area contributed by atoms with Gasteiger partial charge in [-0.05, 0) is 44.1 Å². The maximum absolute atomic E-state index is 13.7. The summed E-state index contributed by atoms with van der Waals surface area (Å²) in [4.78, 5) is 36.2. The zero-order chi connectivity index (χ0) is 24.6. The molecule has 6 rings (SSSR count). The molecule has 0 radical (unpaired) electrons. The predicted molar refractivity (Wildman–Crippen MR) is 142 cm³/mol. The van der Waals surface area contributed by atoms with Crippen molar-refractivity contribution < 1.29 is 4.79 Å². The number of amides is 1. The zero-order valence-electron chi connectivity index (χ0n) is 20.6. The van der Waals surface area contributed by atoms with Gasteiger partial charge >= 0.3 is 0 Å². The van der Waals surface area contributed by atoms with E-state index in [0.29, 0.717) is 29.7 Å². The summed E-state index contributed by atoms with van der Waals surface area (Å²) in [5, 5.41) is 1.87. The van der Waals surface area contributed by atoms with Gasteiger partial charge in [0.2, 0.25) is 0 Å². The van der Waals surface area contributed by atoms with Gasteiger partial charge in [-0.15, -0.1) is 0 Å². The van der Waals surface area contributed by atoms with Gasteiger partial charge in [0.05, 0.1) is 12.6 Å². The first-order valence-electron chi connectivity index (χ1n) is 12.8. The van der Waals surface area contributed by atoms with Crippen LogP contribution in [0.2, 0.25) is 0 Å². The molecule has 8 nitrogen and oxygen atoms in total. The molecule has 1 unspecified atom stereocenters. The topological polar surface area (TPSA) is 101 Å². The Kier molecular flexibility index (Phi) is 5.87. The van der Waals surface area contributed by atoms with E-state index in [-0.39, 0.29) is 11.9 Å². The van der Waals surface area contributed by atoms with Crippen LogP contribution in [0.25, 0.3) is 16.8 Å². The molecule has 5 heterocycles. The fourth-order valence-corrected chi connectivity index (χ4v) is 5.56. The Bertz CT molecular complexity index is 1380. The fraction of sp³-hybridized carbons (Fsp3) is 0.393. The molecule has 0 saturated carbocycles. The maximum atomic E-state index is 13.7. The Hall–Kier alpha value is -3.81. The minimum atomic E-state index is -0.204. The molecule has 3 aromatic rings. The highest BCUT2D eigenvalue weighted by molar-refractivity contribution is 6.05. The van der Waals surface area contributed by atoms with E-state index >= 15 is 0 Å². The molecule has 2 saturated heterocycles. The van der Waals surface area contributed by atoms with Crippen LogP contribution in [0.5, 0.6) is 0 Å². The average Bonchev–Trinajstić information content (AvgIpc) is 3.65. The third-order valence-corrected chi connectivity index (χ3v) is 7.58. The molecule has 2 atom stereocenters. The van der Waals surface area contributed by atoms with Gasteiger partial charge in [-0.3, -0.25) is 14.8 Å². The SMILES string of the molecule is Cc1cnc(C=C(N)[C@@H]2CCCCN2C(=O)c2nccc3ccccc23)nc1N1CCC(C2=NC2)C1. The number of piperidine rings is 1. The second kappa shape index (κ2) is 9.33. The number of aromatic nitrogens is 3. The third kappa shape index (κ3) is 4.32. The van der Waals surface area contributed by atoms with Crippen molar-refractivity contribution in [1.29, 1.82) is 0 Å². The lowest BCUT2D eigenvalue weighted by Crippen LogP contribution is -2.46. The molecular weight excluding hydrogens is 450 g/mol. The number of carbonyl (C=O) groups excluding carboxylic acids is 1. The number of aliphatic imine (C=N–C) groups is 1. The van der Waals surface area contributed by atoms with Crippen molar-refractivity contribution in [2.45, 2.75) is 38.6 Å². The minimum absolute atomic E-state index is 0.0792. The fourth-order valence-electron chi connectivity index (χ4n) is 5.56. The molecule has 2 N–H and O–H groups in total. The van der Waals surface area contributed by atoms with E-state index in [0.717, 1.165) is 67.5 Å². The van der Waals surface area contributed by atoms with Gasteiger partial charge in [0.15, 0.2) is 5.82 Å². The number of anilines is 1. The number of carbonyl (C=O) groups is 1. The molecule has 1 amide bonds. The molecule has 2 aromatic heterocycles. The highest BCUT2D eigenvalue weighted by Crippen LogP contribution is 2.29. The van der Waals surface area contributed by atoms with E-state index < -0.39 is 0 Å². The Morgan fingerprint density at radius 2 is 1.97 bits per heavy atom. The lowest BCUT2D eigenvalue weighted by atomic mass is 9.98. The third-order valence-electron chi connectivity index (χ3n) is 7.58. The highest BCUT2D eigenvalue weighted by atomic mass is 16.2. The lowest BCUT2D eigenvalue weighted by Gasteiger charge is -2.36. The van der Waals surface area contributed by atoms with E-state index in [2.05, 4.69) is 19.9 Å². The molecule has 1 aromatic carbocycles. The van der Waals surface area contributed by atoms with Gasteiger partial charge < -0.3 is 15.5 Å². The first kappa shape index (κ1) is 22.6. The number of rotatable bonds is 5. The van der Waals surface area contributed by atoms with Gasteiger partial charge in [-0.1, -0.05) is 24.3 Å². The standard InChI is InChI=1S/C28H31N7O/c1-18-15-32-25(33-27(18)34-13-10-20(17-34)23-16-31-23)14-22(29)24-8-4-5-12-35(24)28(36)26-21-7-3-2-6-19(21)9-11-30-26/h2-3,6-7,9,11,14-15,20,24H,4-5,8,10,12-13,16-17,29H2,1H3/t20?,24-/m0/s1. The molecule has 3 aliphatic heterocycles. The molecule has 184 valence electrons. The molecule has 0 bridgehead atoms. The summed E-state index contributed by atoms with van der Waals surface area (Å²) in [5.74, 6) is 2.02. The zero-order valence-corrected chi connectivity index (χ0v) is 20.6. The van der Waals surface area contributed by atoms with E-state index in [1.165, 1.54) is 5.71 Å². The summed E-state index contributed by atoms with van der Waals surface area (Å²) >= 11 is 0. The molecular formula is C28H31N7O. The predicted octanol–water partition coefficient (Wildman–Crippen LogP) is 3.61. The van der Waals surface area contributed by atoms with Crippen LogP contribution in [0, 0.1) is 12.8 Å². The highest BCUT2D eigenvalue weighted by Gasteiger charge is 2.33. The van der Waals surface area contributed by atoms with Crippen molar-refractivity contribution in [3.8, 4) is 0 Å². The van der Waals surface area contributed by atoms with Crippen LogP contribution in [-0.4, -0.2) is 63.7 Å². The summed E-state index contributed by atoms with van der Waals surface area (Å²) in [6, 6.07) is 9.59. The van der Waals surface area contributed by atoms with E-state index in [1.54, 1.807) is 6.20 Å². The van der Waals surface area contributed by atoms with Gasteiger partial charge in [0, 0.05) is 66.4 Å². The van der Waals surface area contributed by atoms with Gasteiger partial charge in [0.1, 0.15) is 11.5 Å². The van der Waals surface area contributed by atoms with Crippen LogP contribution in [0.3, 0.4) is 0 Å². The monoisotopic (exact) mass is 481 g/mol. The number of likely N-dealkylation sites (tertiary alicyclic amines) is 1. The normalized spacial score (nSPS) is 22.1. The molecule has 2 fully saturated rings. The number of benzene rings is 1. The van der Waals surface area contributed by atoms with Crippen LogP contribution in [0.1, 0.15) is 47.6 Å². The van der Waals surface area contributed by atoms with Crippen molar-refractivity contribution in [2.75, 3.05) is 31.1 Å². The first-order valence-corrected chi connectivity index (χ1v) is 12.8. The van der Waals surface area contributed by atoms with Crippen molar-refractivity contribution in [2.24, 2.45) is 16.6 Å². The Morgan fingerprint density at radius 1 is 1.11 bits per heavy atom. The van der Waals surface area contributed by atoms with Gasteiger partial charge in [-0.2, -0.15) is 0 Å². The molecule has 3 aliphatic rings. The lowest BCUT2D eigenvalue weighted by molar-refractivity contribution is 0.0648. The quantitative estimate of drug-likeness (QED) is 0.598. The number of hydrogen-bond acceptors (Lipinski definition) is 7. The summed E-state index contributed by atoms with van der Waals surface area (Å²) in [6.07, 6.45) is 9.32. The van der Waals surface area contributed by atoms with Crippen molar-refractivity contribution in [3.63, 3.8) is 0 Å². The second-order valence-corrected chi connectivity index (χ2v) is 10.0. The Morgan fingerprint density at radius 3 is 2.83 bits per heavy atom. The van der Waals surface area contributed by atoms with Crippen LogP contribution in [-0.2, 0) is 0 Å². The summed E-state index contributed by atoms with van der Waals surface area (Å²) in [7, 11) is 0. The molecule has 0 aliphatic carbocycles. The van der Waals surface area contributed by atoms with Crippen LogP contribution in [0.4, 0.5) is 5.82 Å². The molecule has 36 heavy (non-hydrogen) atoms. The van der Waals surface area contributed by atoms with Crippen molar-refractivity contribution in [3.05, 3.63) is 65.5 Å². The number of hydrogen-bond donors (Lipinski definition) is 1. The van der Waals surface area contributed by atoms with Gasteiger partial charge in [0.25, 0.3) is 5.91 Å². The minimum Gasteiger partial charge on any atom is -0.400 e. The first-order chi connectivity index (χ1) is 17.6. The van der Waals surface area contributed by atoms with Gasteiger partial charge in [-0.25, -0.2) is 9.97 Å². The van der Waals surface area contributed by atoms with E-state index in [1.807, 2.05) is 54.4 Å². The summed E-state index contributed by atoms with van der Waals surface area (Å²) < 4.78 is 0. The summed E-state index contributed by atoms with van der Waals surface area (Å²) in [6.45, 7) is 5.56. The number of pyridine rings is 1. The van der Waals surface area contributed by atoms with Crippen LogP contribution >= 0.6 is 0 Å². The Balaban J connectivity index is 1.26. The Labute approximate surface area is 211 Å². The van der Waals surface area contributed by atoms with E-state index in [9.17, 15) is 4.79 Å². The smallest absolute Gasteiger partial charge is 0.273 e. The molecule has 0 spiro atoms. The largest absolute Gasteiger partial charge is 0.400 e.